The van der Waals surface area contributed by atoms with Crippen molar-refractivity contribution in [3.8, 4) is 17.2 Å². The average molecular weight is 333 g/mol. The van der Waals surface area contributed by atoms with Crippen molar-refractivity contribution in [3.63, 3.8) is 0 Å². The van der Waals surface area contributed by atoms with Crippen LogP contribution in [0.1, 0.15) is 15.6 Å². The van der Waals surface area contributed by atoms with Gasteiger partial charge in [-0.3, -0.25) is 0 Å². The molecule has 0 saturated carbocycles. The molecule has 0 atom stereocenters. The summed E-state index contributed by atoms with van der Waals surface area (Å²) in [7, 11) is 4.81. The Labute approximate surface area is 140 Å². The highest BCUT2D eigenvalue weighted by Gasteiger charge is 2.16. The minimum atomic E-state index is 0.580. The number of hydrogen-bond donors (Lipinski definition) is 0. The third-order valence-corrected chi connectivity index (χ3v) is 4.14. The van der Waals surface area contributed by atoms with Crippen molar-refractivity contribution >= 4 is 23.5 Å². The Morgan fingerprint density at radius 3 is 2.48 bits per heavy atom. The quantitative estimate of drug-likeness (QED) is 0.577. The molecule has 6 heteroatoms. The van der Waals surface area contributed by atoms with Gasteiger partial charge in [-0.25, -0.2) is 0 Å². The maximum Gasteiger partial charge on any atom is 0.289 e. The van der Waals surface area contributed by atoms with Crippen LogP contribution in [-0.4, -0.2) is 26.4 Å². The molecule has 0 N–H and O–H groups in total. The third-order valence-electron chi connectivity index (χ3n) is 3.21. The van der Waals surface area contributed by atoms with Gasteiger partial charge in [-0.15, -0.1) is 0 Å². The number of methoxy groups -OCH3 is 3. The number of rotatable bonds is 7. The van der Waals surface area contributed by atoms with Crippen LogP contribution in [0.25, 0.3) is 12.2 Å². The van der Waals surface area contributed by atoms with E-state index < -0.39 is 0 Å². The number of allylic oxidation sites excluding steroid dienone is 1. The number of benzene rings is 1. The van der Waals surface area contributed by atoms with Crippen molar-refractivity contribution in [2.45, 2.75) is 13.5 Å². The van der Waals surface area contributed by atoms with Crippen molar-refractivity contribution in [2.75, 3.05) is 21.3 Å². The Kier molecular flexibility index (Phi) is 5.76. The summed E-state index contributed by atoms with van der Waals surface area (Å²) in [6.07, 6.45) is 5.82. The smallest absolute Gasteiger partial charge is 0.289 e. The number of ether oxygens (including phenoxy) is 3. The van der Waals surface area contributed by atoms with Crippen LogP contribution in [0.15, 0.2) is 24.8 Å². The molecule has 0 unspecified atom stereocenters. The van der Waals surface area contributed by atoms with Gasteiger partial charge in [-0.05, 0) is 42.5 Å². The van der Waals surface area contributed by atoms with Gasteiger partial charge in [-0.1, -0.05) is 11.3 Å². The summed E-state index contributed by atoms with van der Waals surface area (Å²) in [6, 6.07) is 3.79. The van der Waals surface area contributed by atoms with E-state index in [1.807, 2.05) is 42.0 Å². The van der Waals surface area contributed by atoms with E-state index in [1.165, 1.54) is 0 Å². The summed E-state index contributed by atoms with van der Waals surface area (Å²) in [5.41, 5.74) is 0.904. The highest BCUT2D eigenvalue weighted by atomic mass is 32.1. The maximum atomic E-state index is 5.49. The van der Waals surface area contributed by atoms with E-state index in [2.05, 4.69) is 11.7 Å². The topological polar surface area (TPSA) is 44.5 Å². The van der Waals surface area contributed by atoms with Crippen LogP contribution < -0.4 is 18.9 Å². The molecule has 122 valence electrons. The zero-order valence-electron chi connectivity index (χ0n) is 13.8. The van der Waals surface area contributed by atoms with Crippen molar-refractivity contribution in [3.05, 3.63) is 40.4 Å². The highest BCUT2D eigenvalue weighted by molar-refractivity contribution is 7.11. The second kappa shape index (κ2) is 7.78. The number of aromatic nitrogens is 2. The second-order valence-electron chi connectivity index (χ2n) is 4.69. The first-order valence-electron chi connectivity index (χ1n) is 7.10. The van der Waals surface area contributed by atoms with Gasteiger partial charge in [0.2, 0.25) is 5.75 Å². The van der Waals surface area contributed by atoms with Gasteiger partial charge in [0.1, 0.15) is 0 Å². The van der Waals surface area contributed by atoms with Crippen molar-refractivity contribution in [2.24, 2.45) is 0 Å². The first-order chi connectivity index (χ1) is 11.1. The molecular weight excluding hydrogens is 312 g/mol. The van der Waals surface area contributed by atoms with Gasteiger partial charge >= 0.3 is 0 Å². The van der Waals surface area contributed by atoms with E-state index >= 15 is 0 Å². The van der Waals surface area contributed by atoms with E-state index in [1.54, 1.807) is 32.7 Å². The van der Waals surface area contributed by atoms with Crippen LogP contribution >= 0.6 is 11.3 Å². The van der Waals surface area contributed by atoms with Crippen molar-refractivity contribution in [1.29, 1.82) is 0 Å². The van der Waals surface area contributed by atoms with Crippen LogP contribution in [0, 0.1) is 6.92 Å². The molecule has 0 aliphatic rings. The van der Waals surface area contributed by atoms with E-state index in [0.717, 1.165) is 15.6 Å². The fourth-order valence-corrected chi connectivity index (χ4v) is 3.03. The molecule has 0 aliphatic heterocycles. The largest absolute Gasteiger partial charge is 0.493 e. The Hall–Kier alpha value is -2.34. The molecule has 0 aliphatic carbocycles. The molecule has 0 radical (unpaired) electrons. The van der Waals surface area contributed by atoms with Gasteiger partial charge in [0.15, 0.2) is 23.1 Å². The van der Waals surface area contributed by atoms with Gasteiger partial charge in [0.05, 0.1) is 21.3 Å². The molecule has 0 saturated heterocycles. The van der Waals surface area contributed by atoms with E-state index in [9.17, 15) is 0 Å². The number of hydrogen-bond acceptors (Lipinski definition) is 5. The molecule has 0 amide bonds. The number of nitrogens with zero attached hydrogens (tertiary/aromatic N) is 2. The van der Waals surface area contributed by atoms with Gasteiger partial charge in [0.25, 0.3) is 5.01 Å². The number of aryl methyl sites for hydroxylation is 1. The molecule has 0 spiro atoms. The minimum Gasteiger partial charge on any atom is -0.493 e. The standard InChI is InChI=1S/C17H21N2O3S/c1-6-11-19-15(23-12(2)18-19)10-8-13-7-9-14(20-3)17(22-5)16(13)21-4/h6-10H,1,11H2,2-5H3/q+1/b10-8+. The molecule has 23 heavy (non-hydrogen) atoms. The van der Waals surface area contributed by atoms with Crippen LogP contribution in [0.5, 0.6) is 17.2 Å². The Morgan fingerprint density at radius 1 is 1.13 bits per heavy atom. The van der Waals surface area contributed by atoms with Gasteiger partial charge < -0.3 is 14.2 Å². The predicted octanol–water partition coefficient (Wildman–Crippen LogP) is 3.12. The molecule has 5 nitrogen and oxygen atoms in total. The van der Waals surface area contributed by atoms with E-state index in [0.29, 0.717) is 23.8 Å². The summed E-state index contributed by atoms with van der Waals surface area (Å²) in [4.78, 5) is 0. The Balaban J connectivity index is 2.41. The third kappa shape index (κ3) is 3.71. The van der Waals surface area contributed by atoms with Crippen molar-refractivity contribution < 1.29 is 18.9 Å². The fraction of sp³-hybridized carbons (Fsp3) is 0.294. The molecule has 1 aromatic heterocycles. The summed E-state index contributed by atoms with van der Waals surface area (Å²) >= 11 is 1.63. The lowest BCUT2D eigenvalue weighted by atomic mass is 10.1. The zero-order chi connectivity index (χ0) is 16.8. The lowest BCUT2D eigenvalue weighted by Crippen LogP contribution is -2.37. The second-order valence-corrected chi connectivity index (χ2v) is 5.90. The Morgan fingerprint density at radius 2 is 1.87 bits per heavy atom. The summed E-state index contributed by atoms with van der Waals surface area (Å²) in [5.74, 6) is 1.85. The van der Waals surface area contributed by atoms with Crippen molar-refractivity contribution in [1.82, 2.24) is 5.10 Å². The monoisotopic (exact) mass is 333 g/mol. The van der Waals surface area contributed by atoms with Gasteiger partial charge in [0, 0.05) is 16.7 Å². The van der Waals surface area contributed by atoms with Crippen LogP contribution in [0.4, 0.5) is 0 Å². The van der Waals surface area contributed by atoms with Crippen LogP contribution in [-0.2, 0) is 6.54 Å². The van der Waals surface area contributed by atoms with Gasteiger partial charge in [-0.2, -0.15) is 0 Å². The minimum absolute atomic E-state index is 0.580. The first kappa shape index (κ1) is 17.0. The molecule has 2 aromatic rings. The highest BCUT2D eigenvalue weighted by Crippen LogP contribution is 2.40. The molecule has 1 heterocycles. The summed E-state index contributed by atoms with van der Waals surface area (Å²) in [5, 5.41) is 6.50. The van der Waals surface area contributed by atoms with Crippen LogP contribution in [0.2, 0.25) is 0 Å². The first-order valence-corrected chi connectivity index (χ1v) is 7.91. The molecule has 1 aromatic carbocycles. The predicted molar refractivity (Wildman–Crippen MR) is 92.3 cm³/mol. The lowest BCUT2D eigenvalue weighted by Gasteiger charge is -2.13. The molecule has 0 fully saturated rings. The molecular formula is C17H21N2O3S+. The average Bonchev–Trinajstić information content (AvgIpc) is 2.91. The summed E-state index contributed by atoms with van der Waals surface area (Å²) in [6.45, 7) is 6.42. The van der Waals surface area contributed by atoms with Crippen LogP contribution in [0.3, 0.4) is 0 Å². The molecule has 2 rings (SSSR count). The fourth-order valence-electron chi connectivity index (χ4n) is 2.23. The Bertz CT molecular complexity index is 723. The lowest BCUT2D eigenvalue weighted by molar-refractivity contribution is -0.741. The SMILES string of the molecule is C=CC[n+]1nc(C)sc1/C=C/c1ccc(OC)c(OC)c1OC. The summed E-state index contributed by atoms with van der Waals surface area (Å²) < 4.78 is 18.1. The zero-order valence-corrected chi connectivity index (χ0v) is 14.6. The van der Waals surface area contributed by atoms with E-state index in [-0.39, 0.29) is 0 Å². The maximum absolute atomic E-state index is 5.49. The normalized spacial score (nSPS) is 10.8. The molecule has 0 bridgehead atoms. The van der Waals surface area contributed by atoms with E-state index in [4.69, 9.17) is 14.2 Å².